The van der Waals surface area contributed by atoms with Crippen molar-refractivity contribution in [1.82, 2.24) is 14.9 Å². The Morgan fingerprint density at radius 2 is 1.87 bits per heavy atom. The van der Waals surface area contributed by atoms with Crippen LogP contribution in [0.15, 0.2) is 23.2 Å². The molecular weight excluding hydrogens is 546 g/mol. The van der Waals surface area contributed by atoms with Crippen LogP contribution in [0.3, 0.4) is 0 Å². The van der Waals surface area contributed by atoms with Gasteiger partial charge < -0.3 is 15.5 Å². The van der Waals surface area contributed by atoms with Crippen molar-refractivity contribution in [3.63, 3.8) is 0 Å². The molecule has 178 valence electrons. The highest BCUT2D eigenvalue weighted by atomic mass is 127. The van der Waals surface area contributed by atoms with Gasteiger partial charge in [0.2, 0.25) is 0 Å². The van der Waals surface area contributed by atoms with Gasteiger partial charge in [-0.3, -0.25) is 0 Å². The molecule has 0 unspecified atom stereocenters. The molecule has 0 atom stereocenters. The van der Waals surface area contributed by atoms with Crippen LogP contribution in [0.25, 0.3) is 0 Å². The van der Waals surface area contributed by atoms with Gasteiger partial charge in [-0.2, -0.15) is 17.5 Å². The van der Waals surface area contributed by atoms with Gasteiger partial charge in [0, 0.05) is 45.5 Å². The van der Waals surface area contributed by atoms with Crippen LogP contribution < -0.4 is 15.5 Å². The zero-order valence-electron chi connectivity index (χ0n) is 18.2. The van der Waals surface area contributed by atoms with E-state index < -0.39 is 15.5 Å². The number of aryl methyl sites for hydroxylation is 1. The highest BCUT2D eigenvalue weighted by Gasteiger charge is 2.50. The molecule has 1 aromatic carbocycles. The Labute approximate surface area is 199 Å². The number of hydrogen-bond donors (Lipinski definition) is 2. The van der Waals surface area contributed by atoms with Gasteiger partial charge in [0.05, 0.1) is 6.54 Å². The van der Waals surface area contributed by atoms with Gasteiger partial charge in [0.1, 0.15) is 0 Å². The molecule has 0 aliphatic carbocycles. The summed E-state index contributed by atoms with van der Waals surface area (Å²) in [6.07, 6.45) is 0.548. The molecule has 1 aliphatic heterocycles. The minimum atomic E-state index is -5.27. The summed E-state index contributed by atoms with van der Waals surface area (Å²) in [7, 11) is -1.31. The van der Waals surface area contributed by atoms with E-state index in [1.54, 1.807) is 0 Å². The first kappa shape index (κ1) is 27.8. The van der Waals surface area contributed by atoms with E-state index in [1.165, 1.54) is 0 Å². The lowest BCUT2D eigenvalue weighted by Gasteiger charge is -2.32. The molecule has 0 aromatic heterocycles. The SMILES string of the molecule is CCNC(=NCc1ccc(N(C)C)cc1C)NC1CCN(S(=O)(=O)C(F)(F)F)CC1.I. The lowest BCUT2D eigenvalue weighted by Crippen LogP contribution is -2.51. The number of anilines is 1. The molecule has 7 nitrogen and oxygen atoms in total. The third-order valence-corrected chi connectivity index (χ3v) is 6.65. The first-order valence-electron chi connectivity index (χ1n) is 9.83. The maximum atomic E-state index is 12.7. The summed E-state index contributed by atoms with van der Waals surface area (Å²) in [5.74, 6) is 0.561. The van der Waals surface area contributed by atoms with Crippen LogP contribution in [-0.4, -0.2) is 64.0 Å². The summed E-state index contributed by atoms with van der Waals surface area (Å²) < 4.78 is 61.7. The van der Waals surface area contributed by atoms with Gasteiger partial charge in [-0.1, -0.05) is 6.07 Å². The topological polar surface area (TPSA) is 77.0 Å². The Morgan fingerprint density at radius 1 is 1.26 bits per heavy atom. The third-order valence-electron chi connectivity index (χ3n) is 5.02. The van der Waals surface area contributed by atoms with E-state index in [9.17, 15) is 21.6 Å². The lowest BCUT2D eigenvalue weighted by molar-refractivity contribution is -0.0494. The van der Waals surface area contributed by atoms with Crippen molar-refractivity contribution in [3.05, 3.63) is 29.3 Å². The van der Waals surface area contributed by atoms with E-state index in [0.29, 0.717) is 23.4 Å². The van der Waals surface area contributed by atoms with E-state index in [1.807, 2.05) is 45.0 Å². The highest BCUT2D eigenvalue weighted by molar-refractivity contribution is 14.0. The van der Waals surface area contributed by atoms with Crippen LogP contribution in [0, 0.1) is 6.92 Å². The van der Waals surface area contributed by atoms with E-state index in [4.69, 9.17) is 0 Å². The van der Waals surface area contributed by atoms with Crippen molar-refractivity contribution in [2.45, 2.75) is 44.8 Å². The number of piperidine rings is 1. The molecule has 1 heterocycles. The van der Waals surface area contributed by atoms with E-state index in [-0.39, 0.29) is 55.9 Å². The molecule has 12 heteroatoms. The molecule has 0 spiro atoms. The second-order valence-corrected chi connectivity index (χ2v) is 9.40. The maximum Gasteiger partial charge on any atom is 0.511 e. The number of alkyl halides is 3. The van der Waals surface area contributed by atoms with Crippen molar-refractivity contribution < 1.29 is 21.6 Å². The minimum absolute atomic E-state index is 0. The van der Waals surface area contributed by atoms with Crippen LogP contribution in [0.5, 0.6) is 0 Å². The molecule has 0 radical (unpaired) electrons. The number of nitrogens with zero attached hydrogens (tertiary/aromatic N) is 3. The molecule has 0 amide bonds. The maximum absolute atomic E-state index is 12.7. The quantitative estimate of drug-likeness (QED) is 0.309. The monoisotopic (exact) mass is 577 g/mol. The molecule has 2 rings (SSSR count). The van der Waals surface area contributed by atoms with E-state index in [0.717, 1.165) is 16.8 Å². The number of rotatable bonds is 6. The fourth-order valence-corrected chi connectivity index (χ4v) is 4.18. The summed E-state index contributed by atoms with van der Waals surface area (Å²) in [4.78, 5) is 6.61. The number of aliphatic imine (C=N–C) groups is 1. The van der Waals surface area contributed by atoms with Crippen molar-refractivity contribution in [3.8, 4) is 0 Å². The Kier molecular flexibility index (Phi) is 10.3. The van der Waals surface area contributed by atoms with E-state index in [2.05, 4.69) is 21.7 Å². The van der Waals surface area contributed by atoms with Gasteiger partial charge in [-0.15, -0.1) is 24.0 Å². The summed E-state index contributed by atoms with van der Waals surface area (Å²) in [6.45, 7) is 4.68. The standard InChI is InChI=1S/C19H30F3N5O2S.HI/c1-5-23-18(24-13-15-6-7-17(26(3)4)12-14(15)2)25-16-8-10-27(11-9-16)30(28,29)19(20,21)22;/h6-7,12,16H,5,8-11,13H2,1-4H3,(H2,23,24,25);1H. The van der Waals surface area contributed by atoms with Gasteiger partial charge in [0.15, 0.2) is 5.96 Å². The molecule has 1 fully saturated rings. The Bertz CT molecular complexity index is 855. The van der Waals surface area contributed by atoms with Gasteiger partial charge >= 0.3 is 15.5 Å². The molecule has 0 saturated carbocycles. The minimum Gasteiger partial charge on any atom is -0.378 e. The summed E-state index contributed by atoms with van der Waals surface area (Å²) >= 11 is 0. The Balaban J connectivity index is 0.00000480. The second kappa shape index (κ2) is 11.5. The molecule has 2 N–H and O–H groups in total. The smallest absolute Gasteiger partial charge is 0.378 e. The molecule has 1 aliphatic rings. The van der Waals surface area contributed by atoms with E-state index >= 15 is 0 Å². The normalized spacial score (nSPS) is 16.5. The molecule has 0 bridgehead atoms. The molecule has 31 heavy (non-hydrogen) atoms. The summed E-state index contributed by atoms with van der Waals surface area (Å²) in [5.41, 5.74) is -1.97. The first-order valence-corrected chi connectivity index (χ1v) is 11.3. The average molecular weight is 577 g/mol. The summed E-state index contributed by atoms with van der Waals surface area (Å²) in [6, 6.07) is 5.98. The lowest BCUT2D eigenvalue weighted by atomic mass is 10.1. The van der Waals surface area contributed by atoms with Crippen molar-refractivity contribution in [2.24, 2.45) is 4.99 Å². The second-order valence-electron chi connectivity index (χ2n) is 7.47. The first-order chi connectivity index (χ1) is 14.0. The fourth-order valence-electron chi connectivity index (χ4n) is 3.20. The molecule has 1 saturated heterocycles. The van der Waals surface area contributed by atoms with Gasteiger partial charge in [-0.05, 0) is 49.9 Å². The highest BCUT2D eigenvalue weighted by Crippen LogP contribution is 2.29. The van der Waals surface area contributed by atoms with Crippen molar-refractivity contribution in [1.29, 1.82) is 0 Å². The van der Waals surface area contributed by atoms with Crippen molar-refractivity contribution in [2.75, 3.05) is 38.6 Å². The number of hydrogen-bond acceptors (Lipinski definition) is 4. The van der Waals surface area contributed by atoms with Gasteiger partial charge in [0.25, 0.3) is 0 Å². The predicted octanol–water partition coefficient (Wildman–Crippen LogP) is 3.05. The number of halogens is 4. The zero-order valence-corrected chi connectivity index (χ0v) is 21.3. The molecular formula is C19H31F3IN5O2S. The van der Waals surface area contributed by atoms with Crippen LogP contribution in [0.2, 0.25) is 0 Å². The predicted molar refractivity (Wildman–Crippen MR) is 128 cm³/mol. The average Bonchev–Trinajstić information content (AvgIpc) is 2.66. The van der Waals surface area contributed by atoms with Gasteiger partial charge in [-0.25, -0.2) is 13.4 Å². The largest absolute Gasteiger partial charge is 0.511 e. The number of benzene rings is 1. The zero-order chi connectivity index (χ0) is 22.5. The van der Waals surface area contributed by atoms with Crippen LogP contribution in [0.1, 0.15) is 30.9 Å². The number of guanidine groups is 1. The van der Waals surface area contributed by atoms with Crippen LogP contribution >= 0.6 is 24.0 Å². The fraction of sp³-hybridized carbons (Fsp3) is 0.632. The van der Waals surface area contributed by atoms with Crippen molar-refractivity contribution >= 4 is 45.6 Å². The summed E-state index contributed by atoms with van der Waals surface area (Å²) in [5, 5.41) is 6.35. The Hall–Kier alpha value is -1.28. The number of sulfonamides is 1. The Morgan fingerprint density at radius 3 is 2.35 bits per heavy atom. The third kappa shape index (κ3) is 7.38. The number of nitrogens with one attached hydrogen (secondary N) is 2. The van der Waals surface area contributed by atoms with Crippen LogP contribution in [-0.2, 0) is 16.6 Å². The van der Waals surface area contributed by atoms with Crippen LogP contribution in [0.4, 0.5) is 18.9 Å². The molecule has 1 aromatic rings.